The van der Waals surface area contributed by atoms with Crippen molar-refractivity contribution in [1.82, 2.24) is 15.1 Å². The van der Waals surface area contributed by atoms with Crippen LogP contribution in [0.25, 0.3) is 0 Å². The summed E-state index contributed by atoms with van der Waals surface area (Å²) in [6.45, 7) is 3.51. The highest BCUT2D eigenvalue weighted by Gasteiger charge is 2.42. The van der Waals surface area contributed by atoms with Gasteiger partial charge in [-0.05, 0) is 43.0 Å². The quantitative estimate of drug-likeness (QED) is 0.540. The maximum atomic E-state index is 13.6. The molecular formula is C27H36N4O4. The van der Waals surface area contributed by atoms with Gasteiger partial charge in [-0.15, -0.1) is 0 Å². The van der Waals surface area contributed by atoms with Crippen molar-refractivity contribution < 1.29 is 19.1 Å². The molecule has 0 spiro atoms. The van der Waals surface area contributed by atoms with Gasteiger partial charge in [0, 0.05) is 50.9 Å². The molecule has 2 aliphatic heterocycles. The highest BCUT2D eigenvalue weighted by Crippen LogP contribution is 2.28. The highest BCUT2D eigenvalue weighted by atomic mass is 16.5. The Labute approximate surface area is 207 Å². The molecule has 0 radical (unpaired) electrons. The van der Waals surface area contributed by atoms with Crippen molar-refractivity contribution in [3.63, 3.8) is 0 Å². The summed E-state index contributed by atoms with van der Waals surface area (Å²) in [5.41, 5.74) is 7.33. The molecule has 2 aliphatic rings. The minimum Gasteiger partial charge on any atom is -0.497 e. The van der Waals surface area contributed by atoms with E-state index in [1.54, 1.807) is 36.3 Å². The number of hydrogen-bond donors (Lipinski definition) is 2. The van der Waals surface area contributed by atoms with E-state index in [-0.39, 0.29) is 24.0 Å². The van der Waals surface area contributed by atoms with E-state index >= 15 is 0 Å². The SMILES string of the molecule is COc1cccc(C(=O)N2CC(N(Cc3ccccc3)CC3CCCO3)CC2C(=O)NCCN)c1. The second-order valence-electron chi connectivity index (χ2n) is 9.22. The summed E-state index contributed by atoms with van der Waals surface area (Å²) in [6, 6.07) is 16.9. The lowest BCUT2D eigenvalue weighted by atomic mass is 10.1. The van der Waals surface area contributed by atoms with E-state index in [1.165, 1.54) is 5.56 Å². The average Bonchev–Trinajstić information content (AvgIpc) is 3.57. The van der Waals surface area contributed by atoms with Gasteiger partial charge in [-0.3, -0.25) is 14.5 Å². The van der Waals surface area contributed by atoms with Crippen molar-refractivity contribution >= 4 is 11.8 Å². The number of nitrogens with one attached hydrogen (secondary N) is 1. The number of benzene rings is 2. The van der Waals surface area contributed by atoms with Gasteiger partial charge in [-0.25, -0.2) is 0 Å². The third-order valence-electron chi connectivity index (χ3n) is 6.81. The third kappa shape index (κ3) is 6.39. The third-order valence-corrected chi connectivity index (χ3v) is 6.81. The Hall–Kier alpha value is -2.94. The molecule has 8 nitrogen and oxygen atoms in total. The lowest BCUT2D eigenvalue weighted by Crippen LogP contribution is -2.47. The number of methoxy groups -OCH3 is 1. The van der Waals surface area contributed by atoms with Crippen LogP contribution >= 0.6 is 0 Å². The molecule has 2 aromatic rings. The number of nitrogens with zero attached hydrogens (tertiary/aromatic N) is 2. The number of carbonyl (C=O) groups is 2. The Morgan fingerprint density at radius 3 is 2.74 bits per heavy atom. The minimum atomic E-state index is -0.562. The van der Waals surface area contributed by atoms with Gasteiger partial charge < -0.3 is 25.4 Å². The largest absolute Gasteiger partial charge is 0.497 e. The smallest absolute Gasteiger partial charge is 0.254 e. The van der Waals surface area contributed by atoms with Crippen LogP contribution in [0.2, 0.25) is 0 Å². The van der Waals surface area contributed by atoms with Gasteiger partial charge >= 0.3 is 0 Å². The summed E-state index contributed by atoms with van der Waals surface area (Å²) in [7, 11) is 1.57. The first-order valence-corrected chi connectivity index (χ1v) is 12.4. The molecule has 0 bridgehead atoms. The van der Waals surface area contributed by atoms with E-state index in [2.05, 4.69) is 22.3 Å². The van der Waals surface area contributed by atoms with Gasteiger partial charge in [0.2, 0.25) is 5.91 Å². The van der Waals surface area contributed by atoms with Crippen molar-refractivity contribution in [2.45, 2.75) is 44.0 Å². The molecule has 0 saturated carbocycles. The zero-order valence-corrected chi connectivity index (χ0v) is 20.4. The molecule has 3 unspecified atom stereocenters. The van der Waals surface area contributed by atoms with E-state index in [0.717, 1.165) is 32.5 Å². The molecule has 3 atom stereocenters. The summed E-state index contributed by atoms with van der Waals surface area (Å²) in [5.74, 6) is 0.280. The van der Waals surface area contributed by atoms with E-state index in [1.807, 2.05) is 18.2 Å². The second kappa shape index (κ2) is 12.2. The topological polar surface area (TPSA) is 97.1 Å². The molecule has 8 heteroatoms. The van der Waals surface area contributed by atoms with Crippen LogP contribution in [0.4, 0.5) is 0 Å². The number of likely N-dealkylation sites (tertiary alicyclic amines) is 1. The number of rotatable bonds is 10. The predicted octanol–water partition coefficient (Wildman–Crippen LogP) is 2.03. The monoisotopic (exact) mass is 480 g/mol. The van der Waals surface area contributed by atoms with E-state index in [9.17, 15) is 9.59 Å². The van der Waals surface area contributed by atoms with Gasteiger partial charge in [0.1, 0.15) is 11.8 Å². The van der Waals surface area contributed by atoms with Crippen molar-refractivity contribution in [1.29, 1.82) is 0 Å². The first-order chi connectivity index (χ1) is 17.1. The Kier molecular flexibility index (Phi) is 8.74. The van der Waals surface area contributed by atoms with Crippen LogP contribution < -0.4 is 15.8 Å². The molecule has 0 aromatic heterocycles. The fourth-order valence-electron chi connectivity index (χ4n) is 5.00. The normalized spacial score (nSPS) is 21.9. The number of nitrogens with two attached hydrogens (primary N) is 1. The average molecular weight is 481 g/mol. The first kappa shape index (κ1) is 25.2. The van der Waals surface area contributed by atoms with Crippen molar-refractivity contribution in [3.05, 3.63) is 65.7 Å². The van der Waals surface area contributed by atoms with Crippen molar-refractivity contribution in [2.24, 2.45) is 5.73 Å². The fraction of sp³-hybridized carbons (Fsp3) is 0.481. The standard InChI is InChI=1S/C27H36N4O4/c1-34-23-10-5-9-21(15-23)27(33)31-18-22(16-25(31)26(32)29-13-12-28)30(19-24-11-6-14-35-24)17-20-7-3-2-4-8-20/h2-5,7-10,15,22,24-25H,6,11-14,16-19,28H2,1H3,(H,29,32). The lowest BCUT2D eigenvalue weighted by Gasteiger charge is -2.31. The number of carbonyl (C=O) groups excluding carboxylic acids is 2. The summed E-state index contributed by atoms with van der Waals surface area (Å²) in [5, 5.41) is 2.89. The molecule has 2 aromatic carbocycles. The Balaban J connectivity index is 1.58. The van der Waals surface area contributed by atoms with E-state index < -0.39 is 6.04 Å². The van der Waals surface area contributed by atoms with Crippen LogP contribution in [-0.2, 0) is 16.1 Å². The van der Waals surface area contributed by atoms with Crippen LogP contribution in [0.3, 0.4) is 0 Å². The highest BCUT2D eigenvalue weighted by molar-refractivity contribution is 5.98. The van der Waals surface area contributed by atoms with Crippen LogP contribution in [0.5, 0.6) is 5.75 Å². The number of hydrogen-bond acceptors (Lipinski definition) is 6. The fourth-order valence-corrected chi connectivity index (χ4v) is 5.00. The van der Waals surface area contributed by atoms with Gasteiger partial charge in [-0.1, -0.05) is 36.4 Å². The van der Waals surface area contributed by atoms with Crippen LogP contribution in [0.1, 0.15) is 35.2 Å². The van der Waals surface area contributed by atoms with Gasteiger partial charge in [0.15, 0.2) is 0 Å². The van der Waals surface area contributed by atoms with Crippen molar-refractivity contribution in [2.75, 3.05) is 39.9 Å². The Morgan fingerprint density at radius 2 is 2.03 bits per heavy atom. The summed E-state index contributed by atoms with van der Waals surface area (Å²) < 4.78 is 11.3. The summed E-state index contributed by atoms with van der Waals surface area (Å²) in [6.07, 6.45) is 2.83. The maximum Gasteiger partial charge on any atom is 0.254 e. The minimum absolute atomic E-state index is 0.0302. The summed E-state index contributed by atoms with van der Waals surface area (Å²) >= 11 is 0. The van der Waals surface area contributed by atoms with Crippen molar-refractivity contribution in [3.8, 4) is 5.75 Å². The van der Waals surface area contributed by atoms with Crippen LogP contribution in [0.15, 0.2) is 54.6 Å². The Morgan fingerprint density at radius 1 is 1.20 bits per heavy atom. The van der Waals surface area contributed by atoms with Crippen LogP contribution in [-0.4, -0.2) is 79.7 Å². The van der Waals surface area contributed by atoms with Gasteiger partial charge in [0.25, 0.3) is 5.91 Å². The number of amides is 2. The van der Waals surface area contributed by atoms with Crippen LogP contribution in [0, 0.1) is 0 Å². The second-order valence-corrected chi connectivity index (χ2v) is 9.22. The number of ether oxygens (including phenoxy) is 2. The molecule has 3 N–H and O–H groups in total. The molecule has 188 valence electrons. The van der Waals surface area contributed by atoms with Gasteiger partial charge in [0.05, 0.1) is 13.2 Å². The Bertz CT molecular complexity index is 980. The predicted molar refractivity (Wildman–Crippen MR) is 134 cm³/mol. The zero-order valence-electron chi connectivity index (χ0n) is 20.4. The maximum absolute atomic E-state index is 13.6. The lowest BCUT2D eigenvalue weighted by molar-refractivity contribution is -0.124. The molecular weight excluding hydrogens is 444 g/mol. The zero-order chi connectivity index (χ0) is 24.6. The molecule has 2 saturated heterocycles. The molecule has 35 heavy (non-hydrogen) atoms. The summed E-state index contributed by atoms with van der Waals surface area (Å²) in [4.78, 5) is 30.8. The molecule has 2 fully saturated rings. The molecule has 0 aliphatic carbocycles. The van der Waals surface area contributed by atoms with E-state index in [4.69, 9.17) is 15.2 Å². The first-order valence-electron chi connectivity index (χ1n) is 12.4. The molecule has 2 heterocycles. The van der Waals surface area contributed by atoms with E-state index in [0.29, 0.717) is 37.4 Å². The van der Waals surface area contributed by atoms with Gasteiger partial charge in [-0.2, -0.15) is 0 Å². The molecule has 2 amide bonds. The molecule has 4 rings (SSSR count).